The van der Waals surface area contributed by atoms with Crippen LogP contribution in [0.3, 0.4) is 0 Å². The van der Waals surface area contributed by atoms with Crippen LogP contribution in [0, 0.1) is 0 Å². The first-order valence-electron chi connectivity index (χ1n) is 6.72. The number of nitrogens with zero attached hydrogens (tertiary/aromatic N) is 2. The van der Waals surface area contributed by atoms with Gasteiger partial charge in [-0.25, -0.2) is 9.97 Å². The van der Waals surface area contributed by atoms with Gasteiger partial charge in [-0.1, -0.05) is 11.8 Å². The monoisotopic (exact) mass is 392 g/mol. The molecule has 0 aliphatic heterocycles. The van der Waals surface area contributed by atoms with Crippen molar-refractivity contribution in [3.8, 4) is 5.75 Å². The highest BCUT2D eigenvalue weighted by atomic mass is 79.9. The molecular formula is C15H13BrN4O2S. The molecule has 1 amide bonds. The van der Waals surface area contributed by atoms with Crippen molar-refractivity contribution in [3.05, 3.63) is 41.0 Å². The van der Waals surface area contributed by atoms with Crippen molar-refractivity contribution >= 4 is 50.5 Å². The van der Waals surface area contributed by atoms with Crippen LogP contribution in [0.15, 0.2) is 46.2 Å². The molecule has 0 atom stereocenters. The van der Waals surface area contributed by atoms with E-state index in [4.69, 9.17) is 4.74 Å². The summed E-state index contributed by atoms with van der Waals surface area (Å²) in [6.07, 6.45) is 1.63. The Hall–Kier alpha value is -2.06. The van der Waals surface area contributed by atoms with Crippen LogP contribution in [0.4, 0.5) is 5.82 Å². The Labute approximate surface area is 145 Å². The Balaban J connectivity index is 1.61. The molecule has 8 heteroatoms. The number of rotatable bonds is 5. The fraction of sp³-hybridized carbons (Fsp3) is 0.133. The molecule has 2 aromatic heterocycles. The van der Waals surface area contributed by atoms with Gasteiger partial charge in [-0.2, -0.15) is 0 Å². The highest BCUT2D eigenvalue weighted by molar-refractivity contribution is 9.10. The van der Waals surface area contributed by atoms with Gasteiger partial charge in [0.2, 0.25) is 5.91 Å². The highest BCUT2D eigenvalue weighted by Crippen LogP contribution is 2.23. The van der Waals surface area contributed by atoms with Crippen molar-refractivity contribution in [2.75, 3.05) is 18.2 Å². The molecule has 23 heavy (non-hydrogen) atoms. The maximum Gasteiger partial charge on any atom is 0.236 e. The quantitative estimate of drug-likeness (QED) is 0.649. The van der Waals surface area contributed by atoms with Crippen molar-refractivity contribution in [2.24, 2.45) is 0 Å². The standard InChI is InChI=1S/C15H13BrN4O2S/c1-22-10-3-4-11-12(6-10)19-15(18-11)23-8-14(21)20-13-5-2-9(16)7-17-13/h2-7H,8H2,1H3,(H,18,19)(H,17,20,21). The molecule has 0 fully saturated rings. The number of thioether (sulfide) groups is 1. The number of hydrogen-bond acceptors (Lipinski definition) is 5. The molecule has 2 heterocycles. The number of carbonyl (C=O) groups is 1. The number of ether oxygens (including phenoxy) is 1. The number of benzene rings is 1. The SMILES string of the molecule is COc1ccc2nc(SCC(=O)Nc3ccc(Br)cn3)[nH]c2c1. The number of halogens is 1. The van der Waals surface area contributed by atoms with E-state index in [9.17, 15) is 4.79 Å². The highest BCUT2D eigenvalue weighted by Gasteiger charge is 2.08. The normalized spacial score (nSPS) is 10.7. The van der Waals surface area contributed by atoms with E-state index in [0.717, 1.165) is 21.3 Å². The van der Waals surface area contributed by atoms with Gasteiger partial charge in [0, 0.05) is 16.7 Å². The number of imidazole rings is 1. The lowest BCUT2D eigenvalue weighted by Crippen LogP contribution is -2.14. The van der Waals surface area contributed by atoms with Gasteiger partial charge in [0.15, 0.2) is 5.16 Å². The van der Waals surface area contributed by atoms with Crippen molar-refractivity contribution in [1.82, 2.24) is 15.0 Å². The molecule has 6 nitrogen and oxygen atoms in total. The number of carbonyl (C=O) groups excluding carboxylic acids is 1. The third-order valence-electron chi connectivity index (χ3n) is 3.00. The third kappa shape index (κ3) is 4.02. The number of hydrogen-bond donors (Lipinski definition) is 2. The number of aromatic amines is 1. The molecule has 3 aromatic rings. The first kappa shape index (κ1) is 15.8. The van der Waals surface area contributed by atoms with Crippen LogP contribution in [0.5, 0.6) is 5.75 Å². The molecule has 118 valence electrons. The van der Waals surface area contributed by atoms with Crippen LogP contribution in [-0.4, -0.2) is 33.7 Å². The zero-order chi connectivity index (χ0) is 16.2. The van der Waals surface area contributed by atoms with Crippen molar-refractivity contribution in [1.29, 1.82) is 0 Å². The largest absolute Gasteiger partial charge is 0.497 e. The molecule has 0 unspecified atom stereocenters. The minimum atomic E-state index is -0.136. The van der Waals surface area contributed by atoms with E-state index in [-0.39, 0.29) is 11.7 Å². The number of pyridine rings is 1. The summed E-state index contributed by atoms with van der Waals surface area (Å²) in [6, 6.07) is 9.16. The fourth-order valence-corrected chi connectivity index (χ4v) is 2.84. The third-order valence-corrected chi connectivity index (χ3v) is 4.34. The van der Waals surface area contributed by atoms with Crippen molar-refractivity contribution in [3.63, 3.8) is 0 Å². The summed E-state index contributed by atoms with van der Waals surface area (Å²) in [5.41, 5.74) is 1.71. The molecule has 3 rings (SSSR count). The number of methoxy groups -OCH3 is 1. The Morgan fingerprint density at radius 2 is 2.26 bits per heavy atom. The van der Waals surface area contributed by atoms with Gasteiger partial charge >= 0.3 is 0 Å². The summed E-state index contributed by atoms with van der Waals surface area (Å²) in [5.74, 6) is 1.39. The minimum Gasteiger partial charge on any atom is -0.497 e. The van der Waals surface area contributed by atoms with Gasteiger partial charge in [0.25, 0.3) is 0 Å². The lowest BCUT2D eigenvalue weighted by Gasteiger charge is -2.03. The number of amides is 1. The van der Waals surface area contributed by atoms with E-state index < -0.39 is 0 Å². The van der Waals surface area contributed by atoms with Gasteiger partial charge < -0.3 is 15.0 Å². The second-order valence-electron chi connectivity index (χ2n) is 4.62. The number of fused-ring (bicyclic) bond motifs is 1. The average Bonchev–Trinajstić information content (AvgIpc) is 2.97. The maximum atomic E-state index is 11.9. The number of H-pyrrole nitrogens is 1. The Morgan fingerprint density at radius 3 is 3.00 bits per heavy atom. The summed E-state index contributed by atoms with van der Waals surface area (Å²) >= 11 is 4.63. The molecule has 0 aliphatic rings. The molecule has 0 aliphatic carbocycles. The zero-order valence-electron chi connectivity index (χ0n) is 12.2. The molecule has 2 N–H and O–H groups in total. The summed E-state index contributed by atoms with van der Waals surface area (Å²) in [5, 5.41) is 3.43. The lowest BCUT2D eigenvalue weighted by atomic mass is 10.3. The predicted molar refractivity (Wildman–Crippen MR) is 93.9 cm³/mol. The minimum absolute atomic E-state index is 0.136. The van der Waals surface area contributed by atoms with Gasteiger partial charge in [0.1, 0.15) is 11.6 Å². The second kappa shape index (κ2) is 7.01. The van der Waals surface area contributed by atoms with Gasteiger partial charge in [-0.15, -0.1) is 0 Å². The van der Waals surface area contributed by atoms with Crippen LogP contribution in [0.1, 0.15) is 0 Å². The Morgan fingerprint density at radius 1 is 1.39 bits per heavy atom. The average molecular weight is 393 g/mol. The van der Waals surface area contributed by atoms with Crippen LogP contribution < -0.4 is 10.1 Å². The molecule has 0 radical (unpaired) electrons. The second-order valence-corrected chi connectivity index (χ2v) is 6.50. The lowest BCUT2D eigenvalue weighted by molar-refractivity contribution is -0.113. The van der Waals surface area contributed by atoms with Crippen LogP contribution in [-0.2, 0) is 4.79 Å². The molecule has 1 aromatic carbocycles. The Bertz CT molecular complexity index is 835. The first-order valence-corrected chi connectivity index (χ1v) is 8.50. The van der Waals surface area contributed by atoms with Gasteiger partial charge in [0.05, 0.1) is 23.9 Å². The molecule has 0 saturated carbocycles. The van der Waals surface area contributed by atoms with Crippen LogP contribution >= 0.6 is 27.7 Å². The smallest absolute Gasteiger partial charge is 0.236 e. The molecule has 0 bridgehead atoms. The number of nitrogens with one attached hydrogen (secondary N) is 2. The number of aromatic nitrogens is 3. The zero-order valence-corrected chi connectivity index (χ0v) is 14.6. The van der Waals surface area contributed by atoms with E-state index in [0.29, 0.717) is 11.0 Å². The van der Waals surface area contributed by atoms with Crippen LogP contribution in [0.2, 0.25) is 0 Å². The van der Waals surface area contributed by atoms with Crippen molar-refractivity contribution < 1.29 is 9.53 Å². The molecule has 0 saturated heterocycles. The van der Waals surface area contributed by atoms with Crippen LogP contribution in [0.25, 0.3) is 11.0 Å². The van der Waals surface area contributed by atoms with Gasteiger partial charge in [-0.05, 0) is 40.2 Å². The maximum absolute atomic E-state index is 11.9. The summed E-state index contributed by atoms with van der Waals surface area (Å²) in [7, 11) is 1.62. The van der Waals surface area contributed by atoms with E-state index >= 15 is 0 Å². The van der Waals surface area contributed by atoms with E-state index in [1.807, 2.05) is 24.3 Å². The predicted octanol–water partition coefficient (Wildman–Crippen LogP) is 3.46. The molecule has 0 spiro atoms. The number of anilines is 1. The Kier molecular flexibility index (Phi) is 4.82. The van der Waals surface area contributed by atoms with E-state index in [2.05, 4.69) is 36.2 Å². The summed E-state index contributed by atoms with van der Waals surface area (Å²) in [6.45, 7) is 0. The summed E-state index contributed by atoms with van der Waals surface area (Å²) < 4.78 is 6.04. The van der Waals surface area contributed by atoms with E-state index in [1.165, 1.54) is 11.8 Å². The summed E-state index contributed by atoms with van der Waals surface area (Å²) in [4.78, 5) is 23.6. The topological polar surface area (TPSA) is 79.9 Å². The van der Waals surface area contributed by atoms with Crippen molar-refractivity contribution in [2.45, 2.75) is 5.16 Å². The first-order chi connectivity index (χ1) is 11.1. The van der Waals surface area contributed by atoms with Gasteiger partial charge in [-0.3, -0.25) is 4.79 Å². The fourth-order valence-electron chi connectivity index (χ4n) is 1.92. The van der Waals surface area contributed by atoms with E-state index in [1.54, 1.807) is 19.4 Å². The molecular weight excluding hydrogens is 380 g/mol.